The lowest BCUT2D eigenvalue weighted by molar-refractivity contribution is -0.337. The minimum Gasteiger partial charge on any atom is -0.497 e. The number of ether oxygens (including phenoxy) is 7. The van der Waals surface area contributed by atoms with Gasteiger partial charge in [0.15, 0.2) is 5.79 Å². The van der Waals surface area contributed by atoms with Crippen molar-refractivity contribution in [3.63, 3.8) is 0 Å². The van der Waals surface area contributed by atoms with Gasteiger partial charge in [0.25, 0.3) is 0 Å². The largest absolute Gasteiger partial charge is 0.497 e. The molecule has 200 valence electrons. The zero-order valence-electron chi connectivity index (χ0n) is 21.8. The van der Waals surface area contributed by atoms with Crippen molar-refractivity contribution in [2.45, 2.75) is 88.2 Å². The summed E-state index contributed by atoms with van der Waals surface area (Å²) < 4.78 is 43.0. The molecule has 0 bridgehead atoms. The van der Waals surface area contributed by atoms with Crippen molar-refractivity contribution in [2.24, 2.45) is 5.92 Å². The second-order valence-corrected chi connectivity index (χ2v) is 10.9. The molecule has 7 nitrogen and oxygen atoms in total. The fourth-order valence-corrected chi connectivity index (χ4v) is 6.16. The molecule has 4 fully saturated rings. The SMILES string of the molecule is COc1ccc(COCC[C@H]2O[C@@]3(CC[C@@]4(O[C@H](COCc5ccccc5)C[C@H]5O[C@H]54)O3)C[C@H]2C)cc1. The molecule has 0 saturated carbocycles. The van der Waals surface area contributed by atoms with Gasteiger partial charge >= 0.3 is 0 Å². The highest BCUT2D eigenvalue weighted by Crippen LogP contribution is 2.56. The quantitative estimate of drug-likeness (QED) is 0.329. The predicted molar refractivity (Wildman–Crippen MR) is 136 cm³/mol. The zero-order chi connectivity index (χ0) is 25.3. The number of hydrogen-bond acceptors (Lipinski definition) is 7. The van der Waals surface area contributed by atoms with Crippen molar-refractivity contribution in [3.8, 4) is 5.75 Å². The molecule has 0 aliphatic carbocycles. The van der Waals surface area contributed by atoms with Crippen LogP contribution < -0.4 is 4.74 Å². The van der Waals surface area contributed by atoms with E-state index in [0.29, 0.717) is 32.3 Å². The minimum atomic E-state index is -0.719. The molecule has 4 aliphatic rings. The van der Waals surface area contributed by atoms with Gasteiger partial charge in [-0.25, -0.2) is 0 Å². The van der Waals surface area contributed by atoms with E-state index in [9.17, 15) is 0 Å². The Morgan fingerprint density at radius 2 is 1.70 bits per heavy atom. The molecule has 6 rings (SSSR count). The summed E-state index contributed by atoms with van der Waals surface area (Å²) in [6.07, 6.45) is 4.44. The molecule has 2 spiro atoms. The molecule has 0 unspecified atom stereocenters. The smallest absolute Gasteiger partial charge is 0.200 e. The van der Waals surface area contributed by atoms with Gasteiger partial charge in [0, 0.05) is 32.3 Å². The van der Waals surface area contributed by atoms with Crippen LogP contribution in [0.15, 0.2) is 54.6 Å². The van der Waals surface area contributed by atoms with Gasteiger partial charge in [-0.1, -0.05) is 49.4 Å². The second kappa shape index (κ2) is 10.6. The first-order chi connectivity index (χ1) is 18.1. The molecule has 0 amide bonds. The number of hydrogen-bond donors (Lipinski definition) is 0. The highest BCUT2D eigenvalue weighted by atomic mass is 16.8. The van der Waals surface area contributed by atoms with E-state index in [2.05, 4.69) is 19.1 Å². The van der Waals surface area contributed by atoms with E-state index in [1.54, 1.807) is 7.11 Å². The number of benzene rings is 2. The summed E-state index contributed by atoms with van der Waals surface area (Å²) in [5.41, 5.74) is 2.30. The first-order valence-electron chi connectivity index (χ1n) is 13.6. The van der Waals surface area contributed by atoms with E-state index in [0.717, 1.165) is 49.0 Å². The van der Waals surface area contributed by atoms with Gasteiger partial charge in [-0.05, 0) is 35.6 Å². The fraction of sp³-hybridized carbons (Fsp3) is 0.600. The van der Waals surface area contributed by atoms with Crippen molar-refractivity contribution in [1.29, 1.82) is 0 Å². The normalized spacial score (nSPS) is 36.2. The maximum atomic E-state index is 6.71. The lowest BCUT2D eigenvalue weighted by Crippen LogP contribution is -2.50. The lowest BCUT2D eigenvalue weighted by atomic mass is 9.95. The minimum absolute atomic E-state index is 0.00281. The van der Waals surface area contributed by atoms with Gasteiger partial charge in [0.1, 0.15) is 11.9 Å². The summed E-state index contributed by atoms with van der Waals surface area (Å²) in [7, 11) is 1.67. The van der Waals surface area contributed by atoms with Crippen molar-refractivity contribution in [1.82, 2.24) is 0 Å². The molecule has 2 aromatic carbocycles. The number of epoxide rings is 1. The topological polar surface area (TPSA) is 67.9 Å². The third-order valence-electron chi connectivity index (χ3n) is 8.11. The van der Waals surface area contributed by atoms with E-state index in [-0.39, 0.29) is 24.4 Å². The van der Waals surface area contributed by atoms with Crippen molar-refractivity contribution >= 4 is 0 Å². The summed E-state index contributed by atoms with van der Waals surface area (Å²) in [5.74, 6) is -0.0660. The van der Waals surface area contributed by atoms with E-state index < -0.39 is 11.6 Å². The van der Waals surface area contributed by atoms with Gasteiger partial charge < -0.3 is 33.2 Å². The van der Waals surface area contributed by atoms with Crippen LogP contribution in [0.2, 0.25) is 0 Å². The van der Waals surface area contributed by atoms with Crippen LogP contribution in [0.5, 0.6) is 5.75 Å². The van der Waals surface area contributed by atoms with E-state index in [1.807, 2.05) is 42.5 Å². The Labute approximate surface area is 219 Å². The maximum Gasteiger partial charge on any atom is 0.200 e. The highest BCUT2D eigenvalue weighted by molar-refractivity contribution is 5.26. The van der Waals surface area contributed by atoms with Crippen LogP contribution >= 0.6 is 0 Å². The standard InChI is InChI=1S/C30H38O7/c1-21-17-29(36-26(21)12-15-32-18-23-8-10-24(31-2)11-9-23)13-14-30(37-29)28-27(34-28)16-25(35-30)20-33-19-22-6-4-3-5-7-22/h3-11,21,25-28H,12-20H2,1-2H3/t21-,25+,26-,27-,28-,29-,30-/m1/s1. The highest BCUT2D eigenvalue weighted by Gasteiger charge is 2.68. The number of methoxy groups -OCH3 is 1. The van der Waals surface area contributed by atoms with Crippen molar-refractivity contribution in [3.05, 3.63) is 65.7 Å². The van der Waals surface area contributed by atoms with Crippen molar-refractivity contribution in [2.75, 3.05) is 20.3 Å². The number of fused-ring (bicyclic) bond motifs is 2. The monoisotopic (exact) mass is 510 g/mol. The van der Waals surface area contributed by atoms with Crippen LogP contribution in [0.1, 0.15) is 50.2 Å². The average Bonchev–Trinajstić information content (AvgIpc) is 3.54. The zero-order valence-corrected chi connectivity index (χ0v) is 21.8. The Kier molecular flexibility index (Phi) is 7.27. The summed E-state index contributed by atoms with van der Waals surface area (Å²) in [5, 5.41) is 0. The van der Waals surface area contributed by atoms with E-state index in [1.165, 1.54) is 0 Å². The first kappa shape index (κ1) is 25.3. The maximum absolute atomic E-state index is 6.71. The Morgan fingerprint density at radius 3 is 2.51 bits per heavy atom. The lowest BCUT2D eigenvalue weighted by Gasteiger charge is -2.37. The Bertz CT molecular complexity index is 1030. The predicted octanol–water partition coefficient (Wildman–Crippen LogP) is 5.00. The van der Waals surface area contributed by atoms with E-state index >= 15 is 0 Å². The van der Waals surface area contributed by atoms with Gasteiger partial charge in [-0.15, -0.1) is 0 Å². The Morgan fingerprint density at radius 1 is 0.919 bits per heavy atom. The van der Waals surface area contributed by atoms with E-state index in [4.69, 9.17) is 33.2 Å². The second-order valence-electron chi connectivity index (χ2n) is 10.9. The molecular weight excluding hydrogens is 472 g/mol. The molecule has 4 aliphatic heterocycles. The molecule has 2 aromatic rings. The molecule has 7 heteroatoms. The van der Waals surface area contributed by atoms with Crippen LogP contribution in [-0.4, -0.2) is 56.3 Å². The van der Waals surface area contributed by atoms with Gasteiger partial charge in [-0.2, -0.15) is 0 Å². The molecule has 4 saturated heterocycles. The van der Waals surface area contributed by atoms with Crippen LogP contribution in [-0.2, 0) is 41.6 Å². The molecule has 4 heterocycles. The average molecular weight is 511 g/mol. The molecule has 0 radical (unpaired) electrons. The van der Waals surface area contributed by atoms with Gasteiger partial charge in [0.2, 0.25) is 5.79 Å². The van der Waals surface area contributed by atoms with Crippen LogP contribution in [0.3, 0.4) is 0 Å². The van der Waals surface area contributed by atoms with Crippen LogP contribution in [0.25, 0.3) is 0 Å². The molecule has 0 aromatic heterocycles. The van der Waals surface area contributed by atoms with Crippen LogP contribution in [0.4, 0.5) is 0 Å². The van der Waals surface area contributed by atoms with Crippen molar-refractivity contribution < 1.29 is 33.2 Å². The van der Waals surface area contributed by atoms with Crippen LogP contribution in [0, 0.1) is 5.92 Å². The summed E-state index contributed by atoms with van der Waals surface area (Å²) in [6.45, 7) is 4.59. The first-order valence-corrected chi connectivity index (χ1v) is 13.6. The Hall–Kier alpha value is -2.00. The third-order valence-corrected chi connectivity index (χ3v) is 8.11. The summed E-state index contributed by atoms with van der Waals surface area (Å²) in [6, 6.07) is 18.2. The summed E-state index contributed by atoms with van der Waals surface area (Å²) >= 11 is 0. The number of rotatable bonds is 10. The molecule has 37 heavy (non-hydrogen) atoms. The molecule has 0 N–H and O–H groups in total. The molecular formula is C30H38O7. The molecule has 7 atom stereocenters. The third kappa shape index (κ3) is 5.58. The summed E-state index contributed by atoms with van der Waals surface area (Å²) in [4.78, 5) is 0. The van der Waals surface area contributed by atoms with Gasteiger partial charge in [0.05, 0.1) is 45.2 Å². The Balaban J connectivity index is 0.983. The van der Waals surface area contributed by atoms with Gasteiger partial charge in [-0.3, -0.25) is 0 Å². The fourth-order valence-electron chi connectivity index (χ4n) is 6.16.